The highest BCUT2D eigenvalue weighted by Gasteiger charge is 2.26. The number of morpholine rings is 1. The van der Waals surface area contributed by atoms with E-state index in [1.807, 2.05) is 13.8 Å². The number of carbonyl (C=O) groups is 2. The van der Waals surface area contributed by atoms with Crippen molar-refractivity contribution in [3.8, 4) is 0 Å². The Morgan fingerprint density at radius 3 is 3.00 bits per heavy atom. The van der Waals surface area contributed by atoms with Gasteiger partial charge in [-0.3, -0.25) is 14.3 Å². The molecule has 1 unspecified atom stereocenters. The van der Waals surface area contributed by atoms with Gasteiger partial charge in [-0.2, -0.15) is 5.10 Å². The van der Waals surface area contributed by atoms with Crippen molar-refractivity contribution in [1.82, 2.24) is 20.0 Å². The summed E-state index contributed by atoms with van der Waals surface area (Å²) in [5.74, 6) is -0.226. The fourth-order valence-corrected chi connectivity index (χ4v) is 2.43. The quantitative estimate of drug-likeness (QED) is 0.752. The Morgan fingerprint density at radius 1 is 1.57 bits per heavy atom. The summed E-state index contributed by atoms with van der Waals surface area (Å²) in [6, 6.07) is 0. The van der Waals surface area contributed by atoms with Gasteiger partial charge in [0.1, 0.15) is 6.61 Å². The van der Waals surface area contributed by atoms with Crippen LogP contribution in [0.15, 0.2) is 6.20 Å². The van der Waals surface area contributed by atoms with Gasteiger partial charge >= 0.3 is 0 Å². The maximum atomic E-state index is 12.2. The number of aryl methyl sites for hydroxylation is 2. The average molecular weight is 324 g/mol. The van der Waals surface area contributed by atoms with Gasteiger partial charge in [-0.05, 0) is 13.8 Å². The molecule has 0 radical (unpaired) electrons. The number of rotatable bonds is 7. The van der Waals surface area contributed by atoms with Crippen molar-refractivity contribution < 1.29 is 19.1 Å². The van der Waals surface area contributed by atoms with E-state index in [0.717, 1.165) is 6.54 Å². The number of hydrogen-bond donors (Lipinski definition) is 1. The largest absolute Gasteiger partial charge is 0.383 e. The Balaban J connectivity index is 1.86. The molecule has 2 amide bonds. The number of hydrogen-bond acceptors (Lipinski definition) is 5. The van der Waals surface area contributed by atoms with Gasteiger partial charge in [-0.15, -0.1) is 0 Å². The van der Waals surface area contributed by atoms with Crippen LogP contribution in [-0.4, -0.2) is 72.6 Å². The van der Waals surface area contributed by atoms with Crippen LogP contribution in [0.25, 0.3) is 0 Å². The molecule has 1 atom stereocenters. The van der Waals surface area contributed by atoms with Gasteiger partial charge in [0.25, 0.3) is 5.91 Å². The topological polar surface area (TPSA) is 85.7 Å². The van der Waals surface area contributed by atoms with Crippen LogP contribution in [0.1, 0.15) is 23.0 Å². The van der Waals surface area contributed by atoms with Gasteiger partial charge < -0.3 is 19.7 Å². The Kier molecular flexibility index (Phi) is 6.12. The van der Waals surface area contributed by atoms with Crippen molar-refractivity contribution in [2.24, 2.45) is 0 Å². The maximum Gasteiger partial charge on any atom is 0.254 e. The lowest BCUT2D eigenvalue weighted by molar-refractivity contribution is -0.149. The first-order valence-electron chi connectivity index (χ1n) is 7.75. The van der Waals surface area contributed by atoms with E-state index in [0.29, 0.717) is 37.5 Å². The molecule has 2 heterocycles. The predicted molar refractivity (Wildman–Crippen MR) is 83.2 cm³/mol. The molecular weight excluding hydrogens is 300 g/mol. The molecule has 1 aliphatic heterocycles. The molecule has 8 heteroatoms. The monoisotopic (exact) mass is 324 g/mol. The van der Waals surface area contributed by atoms with Crippen molar-refractivity contribution in [1.29, 1.82) is 0 Å². The van der Waals surface area contributed by atoms with Crippen LogP contribution in [0.4, 0.5) is 0 Å². The van der Waals surface area contributed by atoms with Gasteiger partial charge in [-0.25, -0.2) is 0 Å². The second-order valence-corrected chi connectivity index (χ2v) is 5.46. The molecule has 8 nitrogen and oxygen atoms in total. The zero-order valence-electron chi connectivity index (χ0n) is 13.9. The summed E-state index contributed by atoms with van der Waals surface area (Å²) in [4.78, 5) is 25.7. The van der Waals surface area contributed by atoms with Crippen molar-refractivity contribution >= 4 is 11.8 Å². The standard InChI is InChI=1S/C15H24N4O4/c1-4-19-9-13(11(2)17-19)15(21)16-7-12-8-18(5-6-22-3)14(20)10-23-12/h9,12H,4-8,10H2,1-3H3,(H,16,21). The third-order valence-corrected chi connectivity index (χ3v) is 3.79. The van der Waals surface area contributed by atoms with Gasteiger partial charge in [0.15, 0.2) is 0 Å². The minimum absolute atomic E-state index is 0.0387. The number of methoxy groups -OCH3 is 1. The molecule has 0 spiro atoms. The first kappa shape index (κ1) is 17.4. The van der Waals surface area contributed by atoms with Crippen LogP contribution in [-0.2, 0) is 20.8 Å². The normalized spacial score (nSPS) is 18.3. The first-order chi connectivity index (χ1) is 11.0. The van der Waals surface area contributed by atoms with E-state index < -0.39 is 0 Å². The molecule has 1 N–H and O–H groups in total. The van der Waals surface area contributed by atoms with Crippen LogP contribution < -0.4 is 5.32 Å². The van der Waals surface area contributed by atoms with E-state index in [1.165, 1.54) is 0 Å². The predicted octanol–water partition coefficient (Wildman–Crippen LogP) is -0.185. The van der Waals surface area contributed by atoms with Gasteiger partial charge in [0, 0.05) is 39.5 Å². The zero-order chi connectivity index (χ0) is 16.8. The Bertz CT molecular complexity index is 558. The molecule has 128 valence electrons. The third-order valence-electron chi connectivity index (χ3n) is 3.79. The van der Waals surface area contributed by atoms with Gasteiger partial charge in [0.2, 0.25) is 5.91 Å². The summed E-state index contributed by atoms with van der Waals surface area (Å²) in [7, 11) is 1.60. The maximum absolute atomic E-state index is 12.2. The highest BCUT2D eigenvalue weighted by molar-refractivity contribution is 5.95. The molecule has 0 aliphatic carbocycles. The molecule has 1 fully saturated rings. The second kappa shape index (κ2) is 8.07. The third kappa shape index (κ3) is 4.52. The van der Waals surface area contributed by atoms with Crippen molar-refractivity contribution in [2.45, 2.75) is 26.5 Å². The highest BCUT2D eigenvalue weighted by atomic mass is 16.5. The summed E-state index contributed by atoms with van der Waals surface area (Å²) < 4.78 is 12.2. The zero-order valence-corrected chi connectivity index (χ0v) is 13.9. The molecule has 1 saturated heterocycles. The minimum Gasteiger partial charge on any atom is -0.383 e. The smallest absolute Gasteiger partial charge is 0.254 e. The number of carbonyl (C=O) groups excluding carboxylic acids is 2. The fourth-order valence-electron chi connectivity index (χ4n) is 2.43. The lowest BCUT2D eigenvalue weighted by Crippen LogP contribution is -2.51. The summed E-state index contributed by atoms with van der Waals surface area (Å²) in [6.45, 7) is 6.36. The first-order valence-corrected chi connectivity index (χ1v) is 7.75. The van der Waals surface area contributed by atoms with Crippen molar-refractivity contribution in [3.05, 3.63) is 17.5 Å². The van der Waals surface area contributed by atoms with E-state index >= 15 is 0 Å². The summed E-state index contributed by atoms with van der Waals surface area (Å²) in [6.07, 6.45) is 1.52. The molecular formula is C15H24N4O4. The Labute approximate surface area is 135 Å². The van der Waals surface area contributed by atoms with E-state index in [9.17, 15) is 9.59 Å². The van der Waals surface area contributed by atoms with Crippen LogP contribution in [0.5, 0.6) is 0 Å². The Hall–Kier alpha value is -1.93. The van der Waals surface area contributed by atoms with E-state index in [2.05, 4.69) is 10.4 Å². The summed E-state index contributed by atoms with van der Waals surface area (Å²) in [5, 5.41) is 7.11. The molecule has 0 bridgehead atoms. The lowest BCUT2D eigenvalue weighted by Gasteiger charge is -2.32. The summed E-state index contributed by atoms with van der Waals surface area (Å²) >= 11 is 0. The number of nitrogens with one attached hydrogen (secondary N) is 1. The lowest BCUT2D eigenvalue weighted by atomic mass is 10.2. The van der Waals surface area contributed by atoms with E-state index in [1.54, 1.807) is 22.9 Å². The van der Waals surface area contributed by atoms with E-state index in [4.69, 9.17) is 9.47 Å². The second-order valence-electron chi connectivity index (χ2n) is 5.46. The van der Waals surface area contributed by atoms with E-state index in [-0.39, 0.29) is 24.5 Å². The van der Waals surface area contributed by atoms with Gasteiger partial charge in [-0.1, -0.05) is 0 Å². The number of aromatic nitrogens is 2. The number of amides is 2. The molecule has 0 saturated carbocycles. The van der Waals surface area contributed by atoms with Crippen molar-refractivity contribution in [2.75, 3.05) is 40.0 Å². The SMILES string of the molecule is CCn1cc(C(=O)NCC2CN(CCOC)C(=O)CO2)c(C)n1. The van der Waals surface area contributed by atoms with Crippen molar-refractivity contribution in [3.63, 3.8) is 0 Å². The van der Waals surface area contributed by atoms with Gasteiger partial charge in [0.05, 0.1) is 24.0 Å². The van der Waals surface area contributed by atoms with Crippen LogP contribution in [0.2, 0.25) is 0 Å². The van der Waals surface area contributed by atoms with Crippen LogP contribution in [0.3, 0.4) is 0 Å². The number of ether oxygens (including phenoxy) is 2. The molecule has 1 aromatic heterocycles. The summed E-state index contributed by atoms with van der Waals surface area (Å²) in [5.41, 5.74) is 1.26. The Morgan fingerprint density at radius 2 is 2.35 bits per heavy atom. The van der Waals surface area contributed by atoms with Crippen LogP contribution in [0, 0.1) is 6.92 Å². The highest BCUT2D eigenvalue weighted by Crippen LogP contribution is 2.08. The fraction of sp³-hybridized carbons (Fsp3) is 0.667. The average Bonchev–Trinajstić information content (AvgIpc) is 2.93. The molecule has 1 aromatic rings. The van der Waals surface area contributed by atoms with Crippen LogP contribution >= 0.6 is 0 Å². The minimum atomic E-state index is -0.213. The molecule has 1 aliphatic rings. The number of nitrogens with zero attached hydrogens (tertiary/aromatic N) is 3. The molecule has 0 aromatic carbocycles. The molecule has 2 rings (SSSR count). The molecule has 23 heavy (non-hydrogen) atoms.